The van der Waals surface area contributed by atoms with Gasteiger partial charge in [0.05, 0.1) is 6.54 Å². The molecule has 1 saturated heterocycles. The predicted octanol–water partition coefficient (Wildman–Crippen LogP) is 2.66. The van der Waals surface area contributed by atoms with Crippen LogP contribution in [0.3, 0.4) is 0 Å². The molecule has 2 atom stereocenters. The predicted molar refractivity (Wildman–Crippen MR) is 117 cm³/mol. The molecule has 1 aliphatic heterocycles. The van der Waals surface area contributed by atoms with Gasteiger partial charge in [0.2, 0.25) is 0 Å². The summed E-state index contributed by atoms with van der Waals surface area (Å²) in [5, 5.41) is 18.8. The second kappa shape index (κ2) is 13.2. The molecule has 1 fully saturated rings. The Labute approximate surface area is 174 Å². The topological polar surface area (TPSA) is 95.0 Å². The van der Waals surface area contributed by atoms with E-state index in [9.17, 15) is 9.90 Å². The summed E-state index contributed by atoms with van der Waals surface area (Å²) in [6.45, 7) is 7.15. The highest BCUT2D eigenvalue weighted by atomic mass is 16.5. The van der Waals surface area contributed by atoms with Gasteiger partial charge in [0.15, 0.2) is 5.96 Å². The van der Waals surface area contributed by atoms with Crippen LogP contribution < -0.4 is 16.0 Å². The fraction of sp³-hybridized carbons (Fsp3) is 0.636. The molecule has 0 radical (unpaired) electrons. The van der Waals surface area contributed by atoms with Gasteiger partial charge in [0.25, 0.3) is 5.91 Å². The van der Waals surface area contributed by atoms with Crippen LogP contribution in [-0.2, 0) is 16.1 Å². The zero-order valence-corrected chi connectivity index (χ0v) is 17.7. The van der Waals surface area contributed by atoms with Gasteiger partial charge < -0.3 is 25.8 Å². The number of nitrogens with one attached hydrogen (secondary N) is 3. The molecule has 0 bridgehead atoms. The Bertz CT molecular complexity index is 639. The van der Waals surface area contributed by atoms with Crippen molar-refractivity contribution >= 4 is 17.6 Å². The maximum atomic E-state index is 12.2. The van der Waals surface area contributed by atoms with E-state index in [0.717, 1.165) is 62.4 Å². The Morgan fingerprint density at radius 1 is 1.31 bits per heavy atom. The van der Waals surface area contributed by atoms with Crippen molar-refractivity contribution in [2.24, 2.45) is 10.9 Å². The average molecular weight is 405 g/mol. The molecule has 0 spiro atoms. The van der Waals surface area contributed by atoms with Crippen LogP contribution in [0, 0.1) is 5.92 Å². The molecule has 1 heterocycles. The number of ether oxygens (including phenoxy) is 1. The summed E-state index contributed by atoms with van der Waals surface area (Å²) in [6, 6.07) is 7.76. The van der Waals surface area contributed by atoms with E-state index in [1.54, 1.807) is 0 Å². The lowest BCUT2D eigenvalue weighted by atomic mass is 10.0. The SMILES string of the molecule is CCCC(CCO)CNC(=NCc1cccc(NC(=O)C2CCCO2)c1)NCC. The Balaban J connectivity index is 1.92. The summed E-state index contributed by atoms with van der Waals surface area (Å²) in [5.74, 6) is 1.12. The van der Waals surface area contributed by atoms with Crippen molar-refractivity contribution in [3.05, 3.63) is 29.8 Å². The number of rotatable bonds is 11. The molecule has 1 amide bonds. The molecule has 1 aliphatic rings. The van der Waals surface area contributed by atoms with E-state index in [2.05, 4.69) is 27.9 Å². The van der Waals surface area contributed by atoms with Crippen molar-refractivity contribution in [1.29, 1.82) is 0 Å². The number of aliphatic imine (C=N–C) groups is 1. The van der Waals surface area contributed by atoms with Crippen LogP contribution in [0.25, 0.3) is 0 Å². The van der Waals surface area contributed by atoms with Crippen LogP contribution in [-0.4, -0.2) is 49.4 Å². The lowest BCUT2D eigenvalue weighted by Crippen LogP contribution is -2.40. The minimum atomic E-state index is -0.337. The van der Waals surface area contributed by atoms with Gasteiger partial charge in [-0.25, -0.2) is 4.99 Å². The van der Waals surface area contributed by atoms with Crippen molar-refractivity contribution in [3.63, 3.8) is 0 Å². The Hall–Kier alpha value is -2.12. The maximum Gasteiger partial charge on any atom is 0.253 e. The van der Waals surface area contributed by atoms with Gasteiger partial charge in [-0.05, 0) is 56.2 Å². The van der Waals surface area contributed by atoms with Crippen molar-refractivity contribution < 1.29 is 14.6 Å². The highest BCUT2D eigenvalue weighted by Gasteiger charge is 2.23. The number of hydrogen-bond acceptors (Lipinski definition) is 4. The number of nitrogens with zero attached hydrogens (tertiary/aromatic N) is 1. The Morgan fingerprint density at radius 3 is 2.86 bits per heavy atom. The largest absolute Gasteiger partial charge is 0.396 e. The number of aliphatic hydroxyl groups excluding tert-OH is 1. The number of benzene rings is 1. The number of hydrogen-bond donors (Lipinski definition) is 4. The summed E-state index contributed by atoms with van der Waals surface area (Å²) in [7, 11) is 0. The van der Waals surface area contributed by atoms with Gasteiger partial charge >= 0.3 is 0 Å². The molecule has 29 heavy (non-hydrogen) atoms. The highest BCUT2D eigenvalue weighted by molar-refractivity contribution is 5.94. The molecule has 4 N–H and O–H groups in total. The van der Waals surface area contributed by atoms with Gasteiger partial charge in [-0.15, -0.1) is 0 Å². The third-order valence-electron chi connectivity index (χ3n) is 4.97. The maximum absolute atomic E-state index is 12.2. The van der Waals surface area contributed by atoms with Gasteiger partial charge in [0, 0.05) is 32.0 Å². The smallest absolute Gasteiger partial charge is 0.253 e. The summed E-state index contributed by atoms with van der Waals surface area (Å²) < 4.78 is 5.44. The number of aliphatic hydroxyl groups is 1. The number of anilines is 1. The Kier molecular flexibility index (Phi) is 10.5. The van der Waals surface area contributed by atoms with Crippen LogP contribution in [0.5, 0.6) is 0 Å². The van der Waals surface area contributed by atoms with Crippen LogP contribution in [0.2, 0.25) is 0 Å². The third-order valence-corrected chi connectivity index (χ3v) is 4.97. The minimum Gasteiger partial charge on any atom is -0.396 e. The van der Waals surface area contributed by atoms with Gasteiger partial charge in [-0.2, -0.15) is 0 Å². The lowest BCUT2D eigenvalue weighted by Gasteiger charge is -2.18. The molecule has 0 aliphatic carbocycles. The van der Waals surface area contributed by atoms with Gasteiger partial charge in [-0.3, -0.25) is 4.79 Å². The minimum absolute atomic E-state index is 0.0796. The van der Waals surface area contributed by atoms with E-state index in [4.69, 9.17) is 4.74 Å². The van der Waals surface area contributed by atoms with Crippen molar-refractivity contribution in [1.82, 2.24) is 10.6 Å². The van der Waals surface area contributed by atoms with Gasteiger partial charge in [0.1, 0.15) is 6.10 Å². The van der Waals surface area contributed by atoms with E-state index in [-0.39, 0.29) is 18.6 Å². The Morgan fingerprint density at radius 2 is 2.17 bits per heavy atom. The van der Waals surface area contributed by atoms with Crippen molar-refractivity contribution in [2.75, 3.05) is 31.6 Å². The fourth-order valence-corrected chi connectivity index (χ4v) is 3.45. The van der Waals surface area contributed by atoms with E-state index in [0.29, 0.717) is 19.1 Å². The zero-order valence-electron chi connectivity index (χ0n) is 17.7. The molecule has 7 heteroatoms. The molecular formula is C22H36N4O3. The number of carbonyl (C=O) groups is 1. The lowest BCUT2D eigenvalue weighted by molar-refractivity contribution is -0.124. The van der Waals surface area contributed by atoms with Crippen LogP contribution in [0.15, 0.2) is 29.3 Å². The van der Waals surface area contributed by atoms with E-state index < -0.39 is 0 Å². The molecule has 0 aromatic heterocycles. The quantitative estimate of drug-likeness (QED) is 0.336. The van der Waals surface area contributed by atoms with Crippen molar-refractivity contribution in [3.8, 4) is 0 Å². The molecule has 2 unspecified atom stereocenters. The summed E-state index contributed by atoms with van der Waals surface area (Å²) >= 11 is 0. The van der Waals surface area contributed by atoms with Crippen LogP contribution in [0.1, 0.15) is 51.5 Å². The summed E-state index contributed by atoms with van der Waals surface area (Å²) in [5.41, 5.74) is 1.79. The van der Waals surface area contributed by atoms with E-state index >= 15 is 0 Å². The average Bonchev–Trinajstić information content (AvgIpc) is 3.26. The first-order valence-electron chi connectivity index (χ1n) is 10.8. The second-order valence-corrected chi connectivity index (χ2v) is 7.43. The third kappa shape index (κ3) is 8.41. The van der Waals surface area contributed by atoms with E-state index in [1.807, 2.05) is 31.2 Å². The molecule has 7 nitrogen and oxygen atoms in total. The first-order valence-corrected chi connectivity index (χ1v) is 10.8. The van der Waals surface area contributed by atoms with Crippen LogP contribution >= 0.6 is 0 Å². The fourth-order valence-electron chi connectivity index (χ4n) is 3.45. The zero-order chi connectivity index (χ0) is 20.9. The summed E-state index contributed by atoms with van der Waals surface area (Å²) in [4.78, 5) is 16.9. The number of carbonyl (C=O) groups excluding carboxylic acids is 1. The monoisotopic (exact) mass is 404 g/mol. The summed E-state index contributed by atoms with van der Waals surface area (Å²) in [6.07, 6.45) is 4.36. The molecule has 1 aromatic rings. The van der Waals surface area contributed by atoms with E-state index in [1.165, 1.54) is 0 Å². The van der Waals surface area contributed by atoms with Crippen molar-refractivity contribution in [2.45, 2.75) is 58.6 Å². The molecule has 1 aromatic carbocycles. The molecule has 162 valence electrons. The molecule has 2 rings (SSSR count). The molecule has 0 saturated carbocycles. The first kappa shape index (κ1) is 23.2. The normalized spacial score (nSPS) is 17.8. The van der Waals surface area contributed by atoms with Crippen LogP contribution in [0.4, 0.5) is 5.69 Å². The highest BCUT2D eigenvalue weighted by Crippen LogP contribution is 2.16. The molecular weight excluding hydrogens is 368 g/mol. The number of guanidine groups is 1. The number of amides is 1. The first-order chi connectivity index (χ1) is 14.2. The second-order valence-electron chi connectivity index (χ2n) is 7.43. The van der Waals surface area contributed by atoms with Gasteiger partial charge in [-0.1, -0.05) is 25.5 Å². The standard InChI is InChI=1S/C22H36N4O3/c1-3-7-17(11-12-27)15-24-22(23-4-2)25-16-18-8-5-9-19(14-18)26-21(28)20-10-6-13-29-20/h5,8-9,14,17,20,27H,3-4,6-7,10-13,15-16H2,1-2H3,(H,26,28)(H2,23,24,25).